The molecule has 1 N–H and O–H groups in total. The van der Waals surface area contributed by atoms with Crippen molar-refractivity contribution in [3.8, 4) is 5.82 Å². The van der Waals surface area contributed by atoms with Crippen molar-refractivity contribution in [3.63, 3.8) is 0 Å². The molecule has 4 aromatic rings. The van der Waals surface area contributed by atoms with Gasteiger partial charge in [-0.15, -0.1) is 0 Å². The topological polar surface area (TPSA) is 68.0 Å². The van der Waals surface area contributed by atoms with E-state index < -0.39 is 0 Å². The average Bonchev–Trinajstić information content (AvgIpc) is 3.28. The molecule has 0 bridgehead atoms. The van der Waals surface area contributed by atoms with E-state index in [0.717, 1.165) is 43.8 Å². The van der Waals surface area contributed by atoms with E-state index in [1.807, 2.05) is 30.5 Å². The minimum absolute atomic E-state index is 0.668. The first-order chi connectivity index (χ1) is 12.8. The second kappa shape index (κ2) is 6.03. The van der Waals surface area contributed by atoms with Crippen LogP contribution < -0.4 is 5.32 Å². The first-order valence-corrected chi connectivity index (χ1v) is 8.92. The van der Waals surface area contributed by atoms with E-state index in [2.05, 4.69) is 53.4 Å². The lowest BCUT2D eigenvalue weighted by atomic mass is 10.1. The number of rotatable bonds is 2. The number of hydrogen-bond acceptors (Lipinski definition) is 5. The van der Waals surface area contributed by atoms with Gasteiger partial charge < -0.3 is 5.32 Å². The second-order valence-electron chi connectivity index (χ2n) is 5.97. The number of halogens is 1. The number of aliphatic imine (C=N–C) groups is 1. The summed E-state index contributed by atoms with van der Waals surface area (Å²) in [5, 5.41) is 9.82. The van der Waals surface area contributed by atoms with Gasteiger partial charge in [0.25, 0.3) is 0 Å². The molecule has 0 atom stereocenters. The maximum atomic E-state index is 4.56. The Morgan fingerprint density at radius 3 is 2.92 bits per heavy atom. The van der Waals surface area contributed by atoms with Crippen LogP contribution in [0.25, 0.3) is 16.6 Å². The zero-order valence-electron chi connectivity index (χ0n) is 13.6. The minimum Gasteiger partial charge on any atom is -0.339 e. The van der Waals surface area contributed by atoms with Gasteiger partial charge in [0.05, 0.1) is 17.2 Å². The van der Waals surface area contributed by atoms with Gasteiger partial charge in [-0.25, -0.2) is 9.67 Å². The van der Waals surface area contributed by atoms with Crippen molar-refractivity contribution in [3.05, 3.63) is 76.9 Å². The first-order valence-electron chi connectivity index (χ1n) is 8.13. The summed E-state index contributed by atoms with van der Waals surface area (Å²) >= 11 is 3.43. The van der Waals surface area contributed by atoms with Gasteiger partial charge in [0.15, 0.2) is 11.7 Å². The highest BCUT2D eigenvalue weighted by Crippen LogP contribution is 2.25. The summed E-state index contributed by atoms with van der Waals surface area (Å²) in [6.45, 7) is 0.668. The van der Waals surface area contributed by atoms with E-state index in [-0.39, 0.29) is 0 Å². The standard InChI is InChI=1S/C19H13BrN6/c20-14-10-24-26(11-14)19-16-4-3-15(8-12(16)5-7-22-19)25-18-17-13(9-23-18)2-1-6-21-17/h1-8,10-11H,9H2,(H,23,25). The fourth-order valence-corrected chi connectivity index (χ4v) is 3.38. The summed E-state index contributed by atoms with van der Waals surface area (Å²) in [5.41, 5.74) is 3.03. The highest BCUT2D eigenvalue weighted by molar-refractivity contribution is 9.10. The number of nitrogens with one attached hydrogen (secondary N) is 1. The smallest absolute Gasteiger partial charge is 0.161 e. The van der Waals surface area contributed by atoms with Crippen LogP contribution in [0.2, 0.25) is 0 Å². The number of amidine groups is 1. The summed E-state index contributed by atoms with van der Waals surface area (Å²) < 4.78 is 2.68. The first kappa shape index (κ1) is 15.2. The molecule has 1 aliphatic rings. The molecule has 1 aromatic carbocycles. The number of hydrogen-bond donors (Lipinski definition) is 1. The lowest BCUT2D eigenvalue weighted by Crippen LogP contribution is -2.13. The van der Waals surface area contributed by atoms with Gasteiger partial charge in [0.1, 0.15) is 5.69 Å². The van der Waals surface area contributed by atoms with E-state index in [9.17, 15) is 0 Å². The Morgan fingerprint density at radius 2 is 2.04 bits per heavy atom. The third-order valence-corrected chi connectivity index (χ3v) is 4.71. The average molecular weight is 405 g/mol. The quantitative estimate of drug-likeness (QED) is 0.549. The fourth-order valence-electron chi connectivity index (χ4n) is 3.09. The summed E-state index contributed by atoms with van der Waals surface area (Å²) in [6, 6.07) is 12.1. The monoisotopic (exact) mass is 404 g/mol. The fraction of sp³-hybridized carbons (Fsp3) is 0.0526. The number of fused-ring (bicyclic) bond motifs is 2. The van der Waals surface area contributed by atoms with Crippen LogP contribution in [-0.4, -0.2) is 25.6 Å². The molecule has 4 heterocycles. The number of pyridine rings is 2. The number of aromatic nitrogens is 4. The van der Waals surface area contributed by atoms with Gasteiger partial charge in [-0.05, 0) is 51.6 Å². The van der Waals surface area contributed by atoms with E-state index in [4.69, 9.17) is 0 Å². The Labute approximate surface area is 157 Å². The normalized spacial score (nSPS) is 12.9. The molecule has 7 heteroatoms. The molecule has 0 fully saturated rings. The highest BCUT2D eigenvalue weighted by atomic mass is 79.9. The Balaban J connectivity index is 1.52. The van der Waals surface area contributed by atoms with E-state index in [0.29, 0.717) is 6.54 Å². The molecule has 0 saturated heterocycles. The van der Waals surface area contributed by atoms with Crippen molar-refractivity contribution in [1.82, 2.24) is 19.7 Å². The zero-order chi connectivity index (χ0) is 17.5. The molecule has 3 aromatic heterocycles. The molecule has 0 amide bonds. The molecule has 0 radical (unpaired) electrons. The zero-order valence-corrected chi connectivity index (χ0v) is 15.2. The molecular formula is C19H13BrN6. The lowest BCUT2D eigenvalue weighted by Gasteiger charge is -2.10. The van der Waals surface area contributed by atoms with Crippen LogP contribution in [0, 0.1) is 0 Å². The predicted molar refractivity (Wildman–Crippen MR) is 105 cm³/mol. The van der Waals surface area contributed by atoms with Crippen LogP contribution in [0.5, 0.6) is 0 Å². The summed E-state index contributed by atoms with van der Waals surface area (Å²) in [4.78, 5) is 13.5. The molecule has 126 valence electrons. The molecule has 0 unspecified atom stereocenters. The third-order valence-electron chi connectivity index (χ3n) is 4.30. The molecule has 1 aliphatic heterocycles. The molecule has 0 aliphatic carbocycles. The van der Waals surface area contributed by atoms with Crippen LogP contribution in [0.15, 0.2) is 70.7 Å². The van der Waals surface area contributed by atoms with Gasteiger partial charge in [-0.1, -0.05) is 6.07 Å². The van der Waals surface area contributed by atoms with Crippen molar-refractivity contribution in [2.24, 2.45) is 4.99 Å². The highest BCUT2D eigenvalue weighted by Gasteiger charge is 2.17. The Hall–Kier alpha value is -3.06. The van der Waals surface area contributed by atoms with Gasteiger partial charge in [0.2, 0.25) is 0 Å². The SMILES string of the molecule is Brc1cnn(-c2nccc3cc(NC4=NCc5cccnc54)ccc23)c1. The van der Waals surface area contributed by atoms with Crippen LogP contribution in [0.3, 0.4) is 0 Å². The molecule has 6 nitrogen and oxygen atoms in total. The van der Waals surface area contributed by atoms with E-state index >= 15 is 0 Å². The summed E-state index contributed by atoms with van der Waals surface area (Å²) in [5.74, 6) is 1.61. The summed E-state index contributed by atoms with van der Waals surface area (Å²) in [7, 11) is 0. The molecule has 0 saturated carbocycles. The van der Waals surface area contributed by atoms with Gasteiger partial charge in [-0.3, -0.25) is 9.98 Å². The Morgan fingerprint density at radius 1 is 1.08 bits per heavy atom. The van der Waals surface area contributed by atoms with Crippen LogP contribution in [-0.2, 0) is 6.54 Å². The maximum absolute atomic E-state index is 4.56. The van der Waals surface area contributed by atoms with Gasteiger partial charge in [-0.2, -0.15) is 5.10 Å². The minimum atomic E-state index is 0.668. The number of nitrogens with zero attached hydrogens (tertiary/aromatic N) is 5. The second-order valence-corrected chi connectivity index (χ2v) is 6.89. The predicted octanol–water partition coefficient (Wildman–Crippen LogP) is 3.95. The Kier molecular flexibility index (Phi) is 3.53. The van der Waals surface area contributed by atoms with Crippen molar-refractivity contribution in [2.75, 3.05) is 5.32 Å². The molecule has 5 rings (SSSR count). The lowest BCUT2D eigenvalue weighted by molar-refractivity contribution is 0.856. The van der Waals surface area contributed by atoms with Crippen molar-refractivity contribution in [2.45, 2.75) is 6.54 Å². The number of anilines is 1. The molecular weight excluding hydrogens is 392 g/mol. The largest absolute Gasteiger partial charge is 0.339 e. The van der Waals surface area contributed by atoms with E-state index in [1.54, 1.807) is 23.3 Å². The van der Waals surface area contributed by atoms with Crippen LogP contribution in [0.4, 0.5) is 5.69 Å². The molecule has 0 spiro atoms. The van der Waals surface area contributed by atoms with Crippen LogP contribution >= 0.6 is 15.9 Å². The third kappa shape index (κ3) is 2.57. The van der Waals surface area contributed by atoms with Gasteiger partial charge in [0, 0.05) is 35.2 Å². The van der Waals surface area contributed by atoms with Crippen LogP contribution in [0.1, 0.15) is 11.3 Å². The van der Waals surface area contributed by atoms with Crippen molar-refractivity contribution in [1.29, 1.82) is 0 Å². The summed E-state index contributed by atoms with van der Waals surface area (Å²) in [6.07, 6.45) is 7.23. The maximum Gasteiger partial charge on any atom is 0.161 e. The molecule has 26 heavy (non-hydrogen) atoms. The van der Waals surface area contributed by atoms with E-state index in [1.165, 1.54) is 0 Å². The van der Waals surface area contributed by atoms with Gasteiger partial charge >= 0.3 is 0 Å². The van der Waals surface area contributed by atoms with Crippen molar-refractivity contribution < 1.29 is 0 Å². The Bertz CT molecular complexity index is 1160. The van der Waals surface area contributed by atoms with Crippen molar-refractivity contribution >= 4 is 38.2 Å². The number of benzene rings is 1.